The van der Waals surface area contributed by atoms with Gasteiger partial charge in [-0.2, -0.15) is 0 Å². The number of hydrogen-bond donors (Lipinski definition) is 2. The summed E-state index contributed by atoms with van der Waals surface area (Å²) in [6, 6.07) is 0. The number of thioether (sulfide) groups is 1. The predicted molar refractivity (Wildman–Crippen MR) is 39.7 cm³/mol. The van der Waals surface area contributed by atoms with Crippen molar-refractivity contribution in [3.8, 4) is 0 Å². The zero-order valence-electron chi connectivity index (χ0n) is 4.87. The zero-order chi connectivity index (χ0) is 6.48. The molecule has 0 aromatic carbocycles. The fourth-order valence-electron chi connectivity index (χ4n) is 0.941. The van der Waals surface area contributed by atoms with Gasteiger partial charge >= 0.3 is 0 Å². The number of hydrogen-bond acceptors (Lipinski definition) is 3. The van der Waals surface area contributed by atoms with E-state index in [4.69, 9.17) is 11.5 Å². The molecule has 0 aromatic heterocycles. The summed E-state index contributed by atoms with van der Waals surface area (Å²) in [5, 5.41) is 0.447. The largest absolute Gasteiger partial charge is 0.399 e. The fourth-order valence-corrected chi connectivity index (χ4v) is 1.83. The maximum absolute atomic E-state index is 5.79. The van der Waals surface area contributed by atoms with Crippen molar-refractivity contribution >= 4 is 11.8 Å². The number of fused-ring (bicyclic) bond motifs is 1. The lowest BCUT2D eigenvalue weighted by Crippen LogP contribution is -2.25. The zero-order valence-corrected chi connectivity index (χ0v) is 5.69. The minimum absolute atomic E-state index is 0.0944. The normalized spacial score (nSPS) is 45.9. The van der Waals surface area contributed by atoms with E-state index in [-0.39, 0.29) is 4.87 Å². The SMILES string of the molecule is NC1=CC2SC2(N)C=C1. The molecule has 2 unspecified atom stereocenters. The summed E-state index contributed by atoms with van der Waals surface area (Å²) in [6.07, 6.45) is 5.85. The molecule has 0 amide bonds. The van der Waals surface area contributed by atoms with Crippen LogP contribution in [0.5, 0.6) is 0 Å². The Balaban J connectivity index is 2.31. The standard InChI is InChI=1S/C6H8N2S/c7-4-1-2-6(8)5(3-4)9-6/h1-3,5H,7-8H2. The van der Waals surface area contributed by atoms with E-state index in [1.54, 1.807) is 11.8 Å². The molecule has 0 aromatic rings. The summed E-state index contributed by atoms with van der Waals surface area (Å²) >= 11 is 1.74. The number of allylic oxidation sites excluding steroid dienone is 1. The van der Waals surface area contributed by atoms with Crippen molar-refractivity contribution in [2.24, 2.45) is 11.5 Å². The Morgan fingerprint density at radius 3 is 3.00 bits per heavy atom. The molecule has 1 saturated heterocycles. The van der Waals surface area contributed by atoms with Crippen LogP contribution in [0.15, 0.2) is 23.9 Å². The molecule has 1 aliphatic carbocycles. The third-order valence-corrected chi connectivity index (χ3v) is 2.92. The maximum atomic E-state index is 5.79. The van der Waals surface area contributed by atoms with E-state index in [1.165, 1.54) is 0 Å². The molecule has 0 bridgehead atoms. The Hall–Kier alpha value is -0.410. The summed E-state index contributed by atoms with van der Waals surface area (Å²) in [4.78, 5) is -0.0944. The molecule has 1 heterocycles. The second-order valence-corrected chi connectivity index (χ2v) is 3.84. The summed E-state index contributed by atoms with van der Waals surface area (Å²) in [5.41, 5.74) is 12.1. The van der Waals surface area contributed by atoms with Crippen LogP contribution in [0, 0.1) is 0 Å². The van der Waals surface area contributed by atoms with Crippen molar-refractivity contribution in [2.75, 3.05) is 0 Å². The van der Waals surface area contributed by atoms with Gasteiger partial charge < -0.3 is 11.5 Å². The van der Waals surface area contributed by atoms with Crippen LogP contribution in [0.3, 0.4) is 0 Å². The highest BCUT2D eigenvalue weighted by molar-refractivity contribution is 8.09. The van der Waals surface area contributed by atoms with Crippen LogP contribution in [0.2, 0.25) is 0 Å². The molecule has 2 rings (SSSR count). The first-order valence-electron chi connectivity index (χ1n) is 2.84. The first kappa shape index (κ1) is 5.38. The Morgan fingerprint density at radius 1 is 1.67 bits per heavy atom. The van der Waals surface area contributed by atoms with Crippen LogP contribution in [0.1, 0.15) is 0 Å². The molecule has 2 aliphatic rings. The molecule has 48 valence electrons. The summed E-state index contributed by atoms with van der Waals surface area (Å²) in [5.74, 6) is 0. The van der Waals surface area contributed by atoms with Crippen LogP contribution in [-0.2, 0) is 0 Å². The van der Waals surface area contributed by atoms with Crippen LogP contribution in [0.25, 0.3) is 0 Å². The van der Waals surface area contributed by atoms with Crippen molar-refractivity contribution in [1.82, 2.24) is 0 Å². The molecule has 9 heavy (non-hydrogen) atoms. The van der Waals surface area contributed by atoms with E-state index in [1.807, 2.05) is 18.2 Å². The molecule has 3 heteroatoms. The Labute approximate surface area is 58.0 Å². The van der Waals surface area contributed by atoms with Crippen LogP contribution in [-0.4, -0.2) is 10.1 Å². The Bertz CT molecular complexity index is 209. The van der Waals surface area contributed by atoms with E-state index in [9.17, 15) is 0 Å². The lowest BCUT2D eigenvalue weighted by Gasteiger charge is -2.04. The second kappa shape index (κ2) is 1.36. The average molecular weight is 140 g/mol. The smallest absolute Gasteiger partial charge is 0.0974 e. The number of nitrogens with two attached hydrogens (primary N) is 2. The quantitative estimate of drug-likeness (QED) is 0.471. The third-order valence-electron chi connectivity index (χ3n) is 1.60. The van der Waals surface area contributed by atoms with Crippen LogP contribution in [0.4, 0.5) is 0 Å². The summed E-state index contributed by atoms with van der Waals surface area (Å²) in [6.45, 7) is 0. The second-order valence-electron chi connectivity index (χ2n) is 2.39. The van der Waals surface area contributed by atoms with Crippen molar-refractivity contribution in [1.29, 1.82) is 0 Å². The van der Waals surface area contributed by atoms with Gasteiger partial charge in [-0.3, -0.25) is 0 Å². The molecular formula is C6H8N2S. The van der Waals surface area contributed by atoms with Gasteiger partial charge in [0.25, 0.3) is 0 Å². The predicted octanol–water partition coefficient (Wildman–Crippen LogP) is 0.169. The Kier molecular flexibility index (Phi) is 0.811. The van der Waals surface area contributed by atoms with Crippen molar-refractivity contribution < 1.29 is 0 Å². The van der Waals surface area contributed by atoms with E-state index >= 15 is 0 Å². The topological polar surface area (TPSA) is 52.0 Å². The molecule has 0 saturated carbocycles. The third kappa shape index (κ3) is 0.686. The highest BCUT2D eigenvalue weighted by Gasteiger charge is 2.50. The molecular weight excluding hydrogens is 132 g/mol. The maximum Gasteiger partial charge on any atom is 0.0974 e. The van der Waals surface area contributed by atoms with E-state index < -0.39 is 0 Å². The van der Waals surface area contributed by atoms with Crippen molar-refractivity contribution in [3.05, 3.63) is 23.9 Å². The monoisotopic (exact) mass is 140 g/mol. The minimum atomic E-state index is -0.0944. The van der Waals surface area contributed by atoms with Gasteiger partial charge in [-0.1, -0.05) is 6.08 Å². The van der Waals surface area contributed by atoms with Gasteiger partial charge in [0, 0.05) is 5.70 Å². The Morgan fingerprint density at radius 2 is 2.44 bits per heavy atom. The molecule has 2 atom stereocenters. The van der Waals surface area contributed by atoms with Crippen LogP contribution >= 0.6 is 11.8 Å². The molecule has 1 fully saturated rings. The molecule has 0 spiro atoms. The van der Waals surface area contributed by atoms with E-state index in [2.05, 4.69) is 0 Å². The van der Waals surface area contributed by atoms with Crippen molar-refractivity contribution in [3.63, 3.8) is 0 Å². The van der Waals surface area contributed by atoms with Gasteiger partial charge in [0.15, 0.2) is 0 Å². The molecule has 0 radical (unpaired) electrons. The van der Waals surface area contributed by atoms with Gasteiger partial charge in [0.1, 0.15) is 0 Å². The van der Waals surface area contributed by atoms with Gasteiger partial charge in [-0.25, -0.2) is 0 Å². The lowest BCUT2D eigenvalue weighted by atomic mass is 10.1. The highest BCUT2D eigenvalue weighted by atomic mass is 32.2. The van der Waals surface area contributed by atoms with Crippen molar-refractivity contribution in [2.45, 2.75) is 10.1 Å². The van der Waals surface area contributed by atoms with Gasteiger partial charge in [-0.05, 0) is 12.2 Å². The van der Waals surface area contributed by atoms with Gasteiger partial charge in [0.05, 0.1) is 10.1 Å². The first-order chi connectivity index (χ1) is 4.21. The molecule has 2 nitrogen and oxygen atoms in total. The van der Waals surface area contributed by atoms with Gasteiger partial charge in [0.2, 0.25) is 0 Å². The fraction of sp³-hybridized carbons (Fsp3) is 0.333. The van der Waals surface area contributed by atoms with Gasteiger partial charge in [-0.15, -0.1) is 11.8 Å². The minimum Gasteiger partial charge on any atom is -0.399 e. The first-order valence-corrected chi connectivity index (χ1v) is 3.72. The summed E-state index contributed by atoms with van der Waals surface area (Å²) < 4.78 is 0. The lowest BCUT2D eigenvalue weighted by molar-refractivity contribution is 0.863. The molecule has 1 aliphatic heterocycles. The number of rotatable bonds is 0. The van der Waals surface area contributed by atoms with E-state index in [0.29, 0.717) is 5.25 Å². The molecule has 4 N–H and O–H groups in total. The van der Waals surface area contributed by atoms with Crippen LogP contribution < -0.4 is 11.5 Å². The van der Waals surface area contributed by atoms with E-state index in [0.717, 1.165) is 5.70 Å². The highest BCUT2D eigenvalue weighted by Crippen LogP contribution is 2.52. The summed E-state index contributed by atoms with van der Waals surface area (Å²) in [7, 11) is 0. The average Bonchev–Trinajstić information content (AvgIpc) is 2.41.